The Hall–Kier alpha value is -3.93. The number of hydrogen-bond acceptors (Lipinski definition) is 3. The van der Waals surface area contributed by atoms with E-state index in [0.29, 0.717) is 13.1 Å². The molecule has 5 rings (SSSR count). The third-order valence-corrected chi connectivity index (χ3v) is 6.44. The molecule has 0 spiro atoms. The van der Waals surface area contributed by atoms with Gasteiger partial charge in [-0.3, -0.25) is 14.3 Å². The fourth-order valence-corrected chi connectivity index (χ4v) is 4.74. The summed E-state index contributed by atoms with van der Waals surface area (Å²) in [5, 5.41) is 7.71. The van der Waals surface area contributed by atoms with E-state index in [9.17, 15) is 9.59 Å². The quantitative estimate of drug-likeness (QED) is 0.475. The average Bonchev–Trinajstić information content (AvgIpc) is 3.25. The number of pyridine rings is 1. The molecule has 0 saturated carbocycles. The van der Waals surface area contributed by atoms with Crippen LogP contribution >= 0.6 is 0 Å². The predicted octanol–water partition coefficient (Wildman–Crippen LogP) is 4.26. The van der Waals surface area contributed by atoms with E-state index in [0.717, 1.165) is 41.6 Å². The van der Waals surface area contributed by atoms with E-state index in [1.165, 1.54) is 5.56 Å². The number of hydrogen-bond donors (Lipinski definition) is 1. The Morgan fingerprint density at radius 1 is 1.03 bits per heavy atom. The molecule has 172 valence electrons. The van der Waals surface area contributed by atoms with E-state index in [1.54, 1.807) is 22.9 Å². The average molecular weight is 453 g/mol. The van der Waals surface area contributed by atoms with Crippen LogP contribution in [0.15, 0.2) is 83.9 Å². The molecular formula is C28H28N4O2. The largest absolute Gasteiger partial charge is 0.345 e. The second kappa shape index (κ2) is 9.51. The molecule has 1 amide bonds. The van der Waals surface area contributed by atoms with Gasteiger partial charge in [0, 0.05) is 17.5 Å². The normalized spacial score (nSPS) is 15.0. The number of rotatable bonds is 6. The Morgan fingerprint density at radius 2 is 1.85 bits per heavy atom. The first-order valence-electron chi connectivity index (χ1n) is 11.7. The summed E-state index contributed by atoms with van der Waals surface area (Å²) in [5.74, 6) is -0.336. The van der Waals surface area contributed by atoms with Crippen molar-refractivity contribution in [3.63, 3.8) is 0 Å². The molecule has 6 heteroatoms. The second-order valence-electron chi connectivity index (χ2n) is 8.95. The third kappa shape index (κ3) is 4.57. The van der Waals surface area contributed by atoms with Crippen molar-refractivity contribution in [3.8, 4) is 0 Å². The van der Waals surface area contributed by atoms with Gasteiger partial charge in [0.25, 0.3) is 11.5 Å². The highest BCUT2D eigenvalue weighted by atomic mass is 16.2. The van der Waals surface area contributed by atoms with Crippen LogP contribution in [0.4, 0.5) is 0 Å². The van der Waals surface area contributed by atoms with Crippen molar-refractivity contribution in [3.05, 3.63) is 123 Å². The molecule has 2 aromatic heterocycles. The van der Waals surface area contributed by atoms with Crippen LogP contribution in [-0.4, -0.2) is 20.3 Å². The molecule has 0 radical (unpaired) electrons. The van der Waals surface area contributed by atoms with Crippen LogP contribution < -0.4 is 10.9 Å². The van der Waals surface area contributed by atoms with Gasteiger partial charge in [-0.25, -0.2) is 0 Å². The highest BCUT2D eigenvalue weighted by Gasteiger charge is 2.26. The monoisotopic (exact) mass is 452 g/mol. The van der Waals surface area contributed by atoms with Gasteiger partial charge in [-0.15, -0.1) is 0 Å². The fraction of sp³-hybridized carbons (Fsp3) is 0.250. The van der Waals surface area contributed by atoms with E-state index < -0.39 is 0 Å². The lowest BCUT2D eigenvalue weighted by Gasteiger charge is -2.24. The molecule has 1 aliphatic carbocycles. The van der Waals surface area contributed by atoms with Crippen LogP contribution in [0.5, 0.6) is 0 Å². The first kappa shape index (κ1) is 21.9. The Morgan fingerprint density at radius 3 is 2.68 bits per heavy atom. The lowest BCUT2D eigenvalue weighted by atomic mass is 9.92. The van der Waals surface area contributed by atoms with Crippen molar-refractivity contribution in [1.82, 2.24) is 19.7 Å². The van der Waals surface area contributed by atoms with Gasteiger partial charge in [-0.2, -0.15) is 5.10 Å². The predicted molar refractivity (Wildman–Crippen MR) is 132 cm³/mol. The Balaban J connectivity index is 1.34. The maximum Gasteiger partial charge on any atom is 0.263 e. The molecule has 2 aromatic carbocycles. The minimum absolute atomic E-state index is 0.148. The highest BCUT2D eigenvalue weighted by Crippen LogP contribution is 2.30. The molecule has 2 heterocycles. The van der Waals surface area contributed by atoms with Crippen LogP contribution in [0.2, 0.25) is 0 Å². The van der Waals surface area contributed by atoms with Gasteiger partial charge in [0.1, 0.15) is 5.56 Å². The molecule has 0 fully saturated rings. The smallest absolute Gasteiger partial charge is 0.263 e. The summed E-state index contributed by atoms with van der Waals surface area (Å²) in [6, 6.07) is 21.5. The van der Waals surface area contributed by atoms with E-state index in [1.807, 2.05) is 54.2 Å². The SMILES string of the molecule is Cc1cccc(Cn2cccc(C(=O)NC3CCCc4c3cnn4Cc3ccccc3)c2=O)c1. The molecule has 6 nitrogen and oxygen atoms in total. The number of aryl methyl sites for hydroxylation is 1. The van der Waals surface area contributed by atoms with E-state index >= 15 is 0 Å². The molecule has 34 heavy (non-hydrogen) atoms. The van der Waals surface area contributed by atoms with Gasteiger partial charge in [-0.1, -0.05) is 60.2 Å². The topological polar surface area (TPSA) is 68.9 Å². The van der Waals surface area contributed by atoms with Crippen LogP contribution in [0.1, 0.15) is 57.2 Å². The first-order valence-corrected chi connectivity index (χ1v) is 11.7. The molecule has 0 aliphatic heterocycles. The molecule has 1 N–H and O–H groups in total. The maximum atomic E-state index is 13.1. The lowest BCUT2D eigenvalue weighted by molar-refractivity contribution is 0.0930. The number of nitrogens with zero attached hydrogens (tertiary/aromatic N) is 3. The molecule has 0 bridgehead atoms. The second-order valence-corrected chi connectivity index (χ2v) is 8.95. The summed E-state index contributed by atoms with van der Waals surface area (Å²) in [7, 11) is 0. The van der Waals surface area contributed by atoms with Gasteiger partial charge in [0.2, 0.25) is 0 Å². The van der Waals surface area contributed by atoms with Gasteiger partial charge >= 0.3 is 0 Å². The van der Waals surface area contributed by atoms with Crippen LogP contribution in [0, 0.1) is 6.92 Å². The summed E-state index contributed by atoms with van der Waals surface area (Å²) in [5.41, 5.74) is 5.45. The molecule has 1 unspecified atom stereocenters. The fourth-order valence-electron chi connectivity index (χ4n) is 4.74. The Kier molecular flexibility index (Phi) is 6.12. The molecule has 4 aromatic rings. The number of carbonyl (C=O) groups excluding carboxylic acids is 1. The van der Waals surface area contributed by atoms with Crippen LogP contribution in [0.3, 0.4) is 0 Å². The number of aromatic nitrogens is 3. The Labute approximate surface area is 198 Å². The zero-order valence-corrected chi connectivity index (χ0v) is 19.3. The highest BCUT2D eigenvalue weighted by molar-refractivity contribution is 5.94. The summed E-state index contributed by atoms with van der Waals surface area (Å²) in [6.07, 6.45) is 6.32. The van der Waals surface area contributed by atoms with Crippen molar-refractivity contribution in [2.45, 2.75) is 45.3 Å². The summed E-state index contributed by atoms with van der Waals surface area (Å²) in [6.45, 7) is 3.16. The maximum absolute atomic E-state index is 13.1. The number of benzene rings is 2. The minimum Gasteiger partial charge on any atom is -0.345 e. The standard InChI is InChI=1S/C28H28N4O2/c1-20-8-5-11-22(16-20)18-31-15-7-12-23(28(31)34)27(33)30-25-13-6-14-26-24(25)17-29-32(26)19-21-9-3-2-4-10-21/h2-5,7-12,15-17,25H,6,13-14,18-19H2,1H3,(H,30,33). The molecule has 1 atom stereocenters. The van der Waals surface area contributed by atoms with E-state index in [2.05, 4.69) is 28.6 Å². The number of carbonyl (C=O) groups is 1. The Bertz CT molecular complexity index is 1370. The van der Waals surface area contributed by atoms with E-state index in [4.69, 9.17) is 0 Å². The van der Waals surface area contributed by atoms with Gasteiger partial charge < -0.3 is 9.88 Å². The number of nitrogens with one attached hydrogen (secondary N) is 1. The van der Waals surface area contributed by atoms with Gasteiger partial charge in [-0.05, 0) is 49.4 Å². The van der Waals surface area contributed by atoms with Gasteiger partial charge in [0.15, 0.2) is 0 Å². The van der Waals surface area contributed by atoms with Crippen LogP contribution in [0.25, 0.3) is 0 Å². The van der Waals surface area contributed by atoms with Crippen molar-refractivity contribution in [2.24, 2.45) is 0 Å². The van der Waals surface area contributed by atoms with E-state index in [-0.39, 0.29) is 23.1 Å². The summed E-state index contributed by atoms with van der Waals surface area (Å²) < 4.78 is 3.62. The van der Waals surface area contributed by atoms with Crippen molar-refractivity contribution in [1.29, 1.82) is 0 Å². The molecular weight excluding hydrogens is 424 g/mol. The van der Waals surface area contributed by atoms with Crippen molar-refractivity contribution < 1.29 is 4.79 Å². The molecule has 0 saturated heterocycles. The molecule has 1 aliphatic rings. The van der Waals surface area contributed by atoms with Gasteiger partial charge in [0.05, 0.1) is 25.3 Å². The number of amides is 1. The van der Waals surface area contributed by atoms with Crippen molar-refractivity contribution in [2.75, 3.05) is 0 Å². The number of fused-ring (bicyclic) bond motifs is 1. The zero-order valence-electron chi connectivity index (χ0n) is 19.3. The van der Waals surface area contributed by atoms with Crippen molar-refractivity contribution >= 4 is 5.91 Å². The minimum atomic E-state index is -0.336. The first-order chi connectivity index (χ1) is 16.6. The lowest BCUT2D eigenvalue weighted by Crippen LogP contribution is -2.36. The third-order valence-electron chi connectivity index (χ3n) is 6.44. The zero-order chi connectivity index (χ0) is 23.5. The summed E-state index contributed by atoms with van der Waals surface area (Å²) >= 11 is 0. The summed E-state index contributed by atoms with van der Waals surface area (Å²) in [4.78, 5) is 26.2. The van der Waals surface area contributed by atoms with Crippen LogP contribution in [-0.2, 0) is 19.5 Å².